The molecule has 1 saturated heterocycles. The lowest BCUT2D eigenvalue weighted by atomic mass is 10.1. The first-order valence-corrected chi connectivity index (χ1v) is 7.53. The first kappa shape index (κ1) is 14.9. The Morgan fingerprint density at radius 3 is 2.65 bits per heavy atom. The van der Waals surface area contributed by atoms with Gasteiger partial charge >= 0.3 is 0 Å². The molecular weight excluding hydrogens is 250 g/mol. The molecule has 0 spiro atoms. The number of nitrogens with zero attached hydrogens (tertiary/aromatic N) is 1. The van der Waals surface area contributed by atoms with Crippen molar-refractivity contribution in [1.82, 2.24) is 4.90 Å². The molecule has 0 aromatic heterocycles. The summed E-state index contributed by atoms with van der Waals surface area (Å²) in [5.74, 6) is 0.0812. The topological polar surface area (TPSA) is 58.4 Å². The van der Waals surface area contributed by atoms with E-state index in [1.807, 2.05) is 25.1 Å². The van der Waals surface area contributed by atoms with E-state index in [-0.39, 0.29) is 11.9 Å². The fourth-order valence-corrected chi connectivity index (χ4v) is 2.78. The molecule has 1 atom stereocenters. The van der Waals surface area contributed by atoms with E-state index in [4.69, 9.17) is 5.73 Å². The highest BCUT2D eigenvalue weighted by Crippen LogP contribution is 2.19. The third-order valence-corrected chi connectivity index (χ3v) is 4.07. The Morgan fingerprint density at radius 2 is 2.05 bits per heavy atom. The van der Waals surface area contributed by atoms with Crippen molar-refractivity contribution in [3.63, 3.8) is 0 Å². The van der Waals surface area contributed by atoms with Gasteiger partial charge in [0.15, 0.2) is 0 Å². The Hall–Kier alpha value is -1.55. The molecule has 1 unspecified atom stereocenters. The molecule has 2 rings (SSSR count). The smallest absolute Gasteiger partial charge is 0.241 e. The van der Waals surface area contributed by atoms with Crippen LogP contribution in [0.4, 0.5) is 11.4 Å². The quantitative estimate of drug-likeness (QED) is 0.831. The molecule has 4 nitrogen and oxygen atoms in total. The molecule has 1 aliphatic heterocycles. The second-order valence-electron chi connectivity index (χ2n) is 5.58. The molecule has 0 saturated carbocycles. The molecule has 1 aliphatic rings. The molecule has 0 bridgehead atoms. The highest BCUT2D eigenvalue weighted by molar-refractivity contribution is 5.95. The lowest BCUT2D eigenvalue weighted by molar-refractivity contribution is -0.121. The first-order chi connectivity index (χ1) is 9.61. The van der Waals surface area contributed by atoms with Crippen molar-refractivity contribution in [2.24, 2.45) is 0 Å². The Kier molecular flexibility index (Phi) is 5.01. The summed E-state index contributed by atoms with van der Waals surface area (Å²) in [5.41, 5.74) is 8.42. The van der Waals surface area contributed by atoms with Crippen LogP contribution in [0.25, 0.3) is 0 Å². The summed E-state index contributed by atoms with van der Waals surface area (Å²) in [6, 6.07) is 5.65. The number of likely N-dealkylation sites (tertiary alicyclic amines) is 1. The molecule has 1 aromatic carbocycles. The monoisotopic (exact) mass is 275 g/mol. The van der Waals surface area contributed by atoms with Crippen LogP contribution in [0.5, 0.6) is 0 Å². The molecule has 1 aromatic rings. The number of nitrogens with two attached hydrogens (primary N) is 1. The number of hydrogen-bond donors (Lipinski definition) is 2. The number of nitrogen functional groups attached to an aromatic ring is 1. The predicted octanol–water partition coefficient (Wildman–Crippen LogP) is 2.78. The van der Waals surface area contributed by atoms with Crippen LogP contribution in [0.2, 0.25) is 0 Å². The van der Waals surface area contributed by atoms with E-state index < -0.39 is 0 Å². The SMILES string of the molecule is CCC(C(=O)Nc1ccc(C)c(N)c1)N1CCCCC1. The molecule has 20 heavy (non-hydrogen) atoms. The summed E-state index contributed by atoms with van der Waals surface area (Å²) in [5, 5.41) is 3.00. The van der Waals surface area contributed by atoms with Crippen molar-refractivity contribution >= 4 is 17.3 Å². The fraction of sp³-hybridized carbons (Fsp3) is 0.562. The van der Waals surface area contributed by atoms with Gasteiger partial charge in [0, 0.05) is 11.4 Å². The Labute approximate surface area is 121 Å². The summed E-state index contributed by atoms with van der Waals surface area (Å²) < 4.78 is 0. The van der Waals surface area contributed by atoms with E-state index in [2.05, 4.69) is 17.1 Å². The number of amides is 1. The number of carbonyl (C=O) groups is 1. The number of rotatable bonds is 4. The van der Waals surface area contributed by atoms with Gasteiger partial charge in [0.25, 0.3) is 0 Å². The van der Waals surface area contributed by atoms with Crippen LogP contribution in [0.15, 0.2) is 18.2 Å². The van der Waals surface area contributed by atoms with Gasteiger partial charge in [-0.1, -0.05) is 19.4 Å². The van der Waals surface area contributed by atoms with E-state index in [0.717, 1.165) is 30.8 Å². The molecule has 1 fully saturated rings. The van der Waals surface area contributed by atoms with Crippen LogP contribution in [-0.2, 0) is 4.79 Å². The molecule has 1 amide bonds. The highest BCUT2D eigenvalue weighted by Gasteiger charge is 2.25. The molecule has 110 valence electrons. The van der Waals surface area contributed by atoms with Gasteiger partial charge in [0.05, 0.1) is 6.04 Å². The summed E-state index contributed by atoms with van der Waals surface area (Å²) in [7, 11) is 0. The lowest BCUT2D eigenvalue weighted by Gasteiger charge is -2.33. The molecular formula is C16H25N3O. The molecule has 3 N–H and O–H groups in total. The summed E-state index contributed by atoms with van der Waals surface area (Å²) in [6.45, 7) is 6.09. The maximum atomic E-state index is 12.4. The van der Waals surface area contributed by atoms with Gasteiger partial charge in [-0.05, 0) is 57.0 Å². The minimum absolute atomic E-state index is 0.0298. The predicted molar refractivity (Wildman–Crippen MR) is 83.7 cm³/mol. The number of carbonyl (C=O) groups excluding carboxylic acids is 1. The maximum absolute atomic E-state index is 12.4. The van der Waals surface area contributed by atoms with E-state index in [0.29, 0.717) is 5.69 Å². The van der Waals surface area contributed by atoms with Crippen molar-refractivity contribution in [3.8, 4) is 0 Å². The van der Waals surface area contributed by atoms with E-state index in [1.54, 1.807) is 0 Å². The fourth-order valence-electron chi connectivity index (χ4n) is 2.78. The Bertz CT molecular complexity index is 467. The van der Waals surface area contributed by atoms with Crippen LogP contribution in [0, 0.1) is 6.92 Å². The maximum Gasteiger partial charge on any atom is 0.241 e. The Morgan fingerprint density at radius 1 is 1.35 bits per heavy atom. The van der Waals surface area contributed by atoms with E-state index >= 15 is 0 Å². The minimum Gasteiger partial charge on any atom is -0.398 e. The largest absolute Gasteiger partial charge is 0.398 e. The van der Waals surface area contributed by atoms with E-state index in [1.165, 1.54) is 19.3 Å². The van der Waals surface area contributed by atoms with Gasteiger partial charge < -0.3 is 11.1 Å². The van der Waals surface area contributed by atoms with Crippen LogP contribution in [-0.4, -0.2) is 29.9 Å². The number of piperidine rings is 1. The summed E-state index contributed by atoms with van der Waals surface area (Å²) in [4.78, 5) is 14.7. The van der Waals surface area contributed by atoms with Crippen molar-refractivity contribution in [3.05, 3.63) is 23.8 Å². The number of benzene rings is 1. The highest BCUT2D eigenvalue weighted by atomic mass is 16.2. The zero-order valence-corrected chi connectivity index (χ0v) is 12.5. The van der Waals surface area contributed by atoms with E-state index in [9.17, 15) is 4.79 Å². The second kappa shape index (κ2) is 6.75. The molecule has 4 heteroatoms. The van der Waals surface area contributed by atoms with Crippen molar-refractivity contribution in [2.75, 3.05) is 24.1 Å². The summed E-state index contributed by atoms with van der Waals surface area (Å²) in [6.07, 6.45) is 4.51. The van der Waals surface area contributed by atoms with Gasteiger partial charge in [0.1, 0.15) is 0 Å². The van der Waals surface area contributed by atoms with Crippen molar-refractivity contribution < 1.29 is 4.79 Å². The molecule has 0 aliphatic carbocycles. The summed E-state index contributed by atoms with van der Waals surface area (Å²) >= 11 is 0. The lowest BCUT2D eigenvalue weighted by Crippen LogP contribution is -2.46. The van der Waals surface area contributed by atoms with Gasteiger partial charge in [-0.25, -0.2) is 0 Å². The van der Waals surface area contributed by atoms with Crippen LogP contribution < -0.4 is 11.1 Å². The zero-order valence-electron chi connectivity index (χ0n) is 12.5. The van der Waals surface area contributed by atoms with Crippen LogP contribution in [0.1, 0.15) is 38.2 Å². The standard InChI is InChI=1S/C16H25N3O/c1-3-15(19-9-5-4-6-10-19)16(20)18-13-8-7-12(2)14(17)11-13/h7-8,11,15H,3-6,9-10,17H2,1-2H3,(H,18,20). The minimum atomic E-state index is -0.0298. The van der Waals surface area contributed by atoms with Gasteiger partial charge in [0.2, 0.25) is 5.91 Å². The third kappa shape index (κ3) is 3.51. The van der Waals surface area contributed by atoms with Crippen molar-refractivity contribution in [2.45, 2.75) is 45.6 Å². The second-order valence-corrected chi connectivity index (χ2v) is 5.58. The third-order valence-electron chi connectivity index (χ3n) is 4.07. The normalized spacial score (nSPS) is 17.7. The van der Waals surface area contributed by atoms with Crippen LogP contribution >= 0.6 is 0 Å². The Balaban J connectivity index is 2.02. The average molecular weight is 275 g/mol. The van der Waals surface area contributed by atoms with Gasteiger partial charge in [-0.15, -0.1) is 0 Å². The number of aryl methyl sites for hydroxylation is 1. The zero-order chi connectivity index (χ0) is 14.5. The van der Waals surface area contributed by atoms with Gasteiger partial charge in [-0.3, -0.25) is 9.69 Å². The number of hydrogen-bond acceptors (Lipinski definition) is 3. The molecule has 1 heterocycles. The average Bonchev–Trinajstić information content (AvgIpc) is 2.45. The molecule has 0 radical (unpaired) electrons. The van der Waals surface area contributed by atoms with Crippen molar-refractivity contribution in [1.29, 1.82) is 0 Å². The van der Waals surface area contributed by atoms with Gasteiger partial charge in [-0.2, -0.15) is 0 Å². The number of anilines is 2. The number of nitrogens with one attached hydrogen (secondary N) is 1. The van der Waals surface area contributed by atoms with Crippen LogP contribution in [0.3, 0.4) is 0 Å². The first-order valence-electron chi connectivity index (χ1n) is 7.53.